The summed E-state index contributed by atoms with van der Waals surface area (Å²) in [5, 5.41) is 15.1. The molecule has 0 radical (unpaired) electrons. The van der Waals surface area contributed by atoms with Crippen LogP contribution in [0, 0.1) is 12.7 Å². The van der Waals surface area contributed by atoms with Gasteiger partial charge in [0.2, 0.25) is 11.0 Å². The molecule has 0 spiro atoms. The number of halogens is 1. The number of rotatable bonds is 7. The molecule has 0 saturated carbocycles. The molecule has 0 bridgehead atoms. The van der Waals surface area contributed by atoms with Crippen LogP contribution in [0.3, 0.4) is 0 Å². The van der Waals surface area contributed by atoms with Crippen LogP contribution in [0.4, 0.5) is 9.52 Å². The van der Waals surface area contributed by atoms with E-state index in [2.05, 4.69) is 51.7 Å². The molecular formula is C22H19FN4OS2. The Bertz CT molecular complexity index is 1050. The first-order valence-electron chi connectivity index (χ1n) is 9.39. The summed E-state index contributed by atoms with van der Waals surface area (Å²) < 4.78 is 13.0. The summed E-state index contributed by atoms with van der Waals surface area (Å²) in [5.74, 6) is -0.430. The largest absolute Gasteiger partial charge is 0.300 e. The molecular weight excluding hydrogens is 419 g/mol. The number of carbonyl (C=O) groups excluding carboxylic acids is 1. The average molecular weight is 439 g/mol. The zero-order chi connectivity index (χ0) is 20.9. The van der Waals surface area contributed by atoms with Gasteiger partial charge >= 0.3 is 0 Å². The Labute approximate surface area is 181 Å². The van der Waals surface area contributed by atoms with Crippen molar-refractivity contribution >= 4 is 33.7 Å². The predicted octanol–water partition coefficient (Wildman–Crippen LogP) is 4.80. The van der Waals surface area contributed by atoms with Gasteiger partial charge in [-0.25, -0.2) is 9.37 Å². The lowest BCUT2D eigenvalue weighted by Gasteiger charge is -1.99. The lowest BCUT2D eigenvalue weighted by atomic mass is 10.1. The van der Waals surface area contributed by atoms with Crippen LogP contribution in [0.1, 0.15) is 32.4 Å². The van der Waals surface area contributed by atoms with Crippen LogP contribution in [-0.2, 0) is 24.1 Å². The van der Waals surface area contributed by atoms with Gasteiger partial charge in [-0.15, -0.1) is 21.5 Å². The first-order valence-corrected chi connectivity index (χ1v) is 11.1. The van der Waals surface area contributed by atoms with Gasteiger partial charge in [0.15, 0.2) is 0 Å². The van der Waals surface area contributed by atoms with E-state index in [0.29, 0.717) is 23.7 Å². The van der Waals surface area contributed by atoms with Gasteiger partial charge in [-0.2, -0.15) is 0 Å². The zero-order valence-corrected chi connectivity index (χ0v) is 17.9. The number of hydrogen-bond acceptors (Lipinski definition) is 6. The van der Waals surface area contributed by atoms with Gasteiger partial charge in [-0.05, 0) is 30.2 Å². The Kier molecular flexibility index (Phi) is 6.25. The van der Waals surface area contributed by atoms with Gasteiger partial charge in [-0.1, -0.05) is 53.3 Å². The fraction of sp³-hybridized carbons (Fsp3) is 0.182. The average Bonchev–Trinajstić information content (AvgIpc) is 3.35. The van der Waals surface area contributed by atoms with Gasteiger partial charge in [0.05, 0.1) is 17.1 Å². The minimum absolute atomic E-state index is 0.173. The number of thiazole rings is 1. The lowest BCUT2D eigenvalue weighted by molar-refractivity contribution is -0.115. The smallest absolute Gasteiger partial charge is 0.232 e. The Morgan fingerprint density at radius 2 is 1.63 bits per heavy atom. The number of amides is 1. The van der Waals surface area contributed by atoms with E-state index in [9.17, 15) is 9.18 Å². The maximum atomic E-state index is 13.0. The van der Waals surface area contributed by atoms with E-state index in [-0.39, 0.29) is 18.1 Å². The van der Waals surface area contributed by atoms with E-state index < -0.39 is 0 Å². The number of benzene rings is 2. The third kappa shape index (κ3) is 5.55. The molecule has 4 rings (SSSR count). The zero-order valence-electron chi connectivity index (χ0n) is 16.3. The molecule has 5 nitrogen and oxygen atoms in total. The first-order chi connectivity index (χ1) is 14.5. The van der Waals surface area contributed by atoms with Crippen molar-refractivity contribution in [2.45, 2.75) is 26.2 Å². The maximum absolute atomic E-state index is 13.0. The van der Waals surface area contributed by atoms with Crippen molar-refractivity contribution < 1.29 is 9.18 Å². The standard InChI is InChI=1S/C22H19FN4OS2/c1-14-2-4-15(5-3-14)11-21-26-27-22(30-21)25-19(28)12-18-13-29-20(24-18)10-16-6-8-17(23)9-7-16/h2-9,13H,10-12H2,1H3,(H,25,27,28). The van der Waals surface area contributed by atoms with Crippen LogP contribution in [0.15, 0.2) is 53.9 Å². The van der Waals surface area contributed by atoms with Crippen LogP contribution in [0.2, 0.25) is 0 Å². The molecule has 30 heavy (non-hydrogen) atoms. The molecule has 4 aromatic rings. The fourth-order valence-corrected chi connectivity index (χ4v) is 4.49. The van der Waals surface area contributed by atoms with E-state index in [4.69, 9.17) is 0 Å². The van der Waals surface area contributed by atoms with Gasteiger partial charge in [0.25, 0.3) is 0 Å². The molecule has 0 saturated heterocycles. The Hall–Kier alpha value is -2.97. The van der Waals surface area contributed by atoms with Gasteiger partial charge in [-0.3, -0.25) is 4.79 Å². The van der Waals surface area contributed by atoms with Gasteiger partial charge in [0, 0.05) is 18.2 Å². The second-order valence-electron chi connectivity index (χ2n) is 6.92. The van der Waals surface area contributed by atoms with E-state index in [0.717, 1.165) is 21.1 Å². The molecule has 0 aliphatic rings. The summed E-state index contributed by atoms with van der Waals surface area (Å²) in [6.45, 7) is 2.05. The first kappa shape index (κ1) is 20.3. The van der Waals surface area contributed by atoms with E-state index in [1.54, 1.807) is 12.1 Å². The number of nitrogens with zero attached hydrogens (tertiary/aromatic N) is 3. The van der Waals surface area contributed by atoms with Crippen molar-refractivity contribution in [1.29, 1.82) is 0 Å². The van der Waals surface area contributed by atoms with E-state index >= 15 is 0 Å². The van der Waals surface area contributed by atoms with Crippen LogP contribution in [0.5, 0.6) is 0 Å². The molecule has 2 heterocycles. The minimum atomic E-state index is -0.256. The van der Waals surface area contributed by atoms with Crippen molar-refractivity contribution in [2.24, 2.45) is 0 Å². The number of aryl methyl sites for hydroxylation is 1. The van der Waals surface area contributed by atoms with E-state index in [1.807, 2.05) is 5.38 Å². The van der Waals surface area contributed by atoms with Gasteiger partial charge in [0.1, 0.15) is 10.8 Å². The van der Waals surface area contributed by atoms with Crippen molar-refractivity contribution in [2.75, 3.05) is 5.32 Å². The molecule has 2 aromatic carbocycles. The molecule has 8 heteroatoms. The number of aromatic nitrogens is 3. The summed E-state index contributed by atoms with van der Waals surface area (Å²) in [4.78, 5) is 16.9. The Balaban J connectivity index is 1.30. The van der Waals surface area contributed by atoms with Crippen molar-refractivity contribution in [3.8, 4) is 0 Å². The highest BCUT2D eigenvalue weighted by atomic mass is 32.1. The third-order valence-corrected chi connectivity index (χ3v) is 6.14. The Morgan fingerprint density at radius 3 is 2.37 bits per heavy atom. The normalized spacial score (nSPS) is 10.9. The van der Waals surface area contributed by atoms with Crippen molar-refractivity contribution in [1.82, 2.24) is 15.2 Å². The van der Waals surface area contributed by atoms with E-state index in [1.165, 1.54) is 40.4 Å². The summed E-state index contributed by atoms with van der Waals surface area (Å²) in [6.07, 6.45) is 1.48. The quantitative estimate of drug-likeness (QED) is 0.450. The van der Waals surface area contributed by atoms with Crippen molar-refractivity contribution in [3.05, 3.63) is 92.1 Å². The Morgan fingerprint density at radius 1 is 0.967 bits per heavy atom. The summed E-state index contributed by atoms with van der Waals surface area (Å²) in [5.41, 5.74) is 4.06. The second-order valence-corrected chi connectivity index (χ2v) is 8.93. The molecule has 152 valence electrons. The molecule has 1 N–H and O–H groups in total. The summed E-state index contributed by atoms with van der Waals surface area (Å²) in [6, 6.07) is 14.6. The highest BCUT2D eigenvalue weighted by Crippen LogP contribution is 2.20. The molecule has 0 aliphatic carbocycles. The predicted molar refractivity (Wildman–Crippen MR) is 118 cm³/mol. The minimum Gasteiger partial charge on any atom is -0.300 e. The topological polar surface area (TPSA) is 67.8 Å². The number of anilines is 1. The third-order valence-electron chi connectivity index (χ3n) is 4.40. The monoisotopic (exact) mass is 438 g/mol. The highest BCUT2D eigenvalue weighted by Gasteiger charge is 2.12. The molecule has 0 fully saturated rings. The number of carbonyl (C=O) groups is 1. The molecule has 1 amide bonds. The van der Waals surface area contributed by atoms with Crippen molar-refractivity contribution in [3.63, 3.8) is 0 Å². The SMILES string of the molecule is Cc1ccc(Cc2nnc(NC(=O)Cc3csc(Cc4ccc(F)cc4)n3)s2)cc1. The second kappa shape index (κ2) is 9.23. The van der Waals surface area contributed by atoms with Crippen LogP contribution in [-0.4, -0.2) is 21.1 Å². The van der Waals surface area contributed by atoms with Crippen LogP contribution < -0.4 is 5.32 Å². The maximum Gasteiger partial charge on any atom is 0.232 e. The summed E-state index contributed by atoms with van der Waals surface area (Å²) >= 11 is 2.87. The number of nitrogens with one attached hydrogen (secondary N) is 1. The lowest BCUT2D eigenvalue weighted by Crippen LogP contribution is -2.14. The van der Waals surface area contributed by atoms with Crippen LogP contribution >= 0.6 is 22.7 Å². The fourth-order valence-electron chi connectivity index (χ4n) is 2.87. The molecule has 0 aliphatic heterocycles. The van der Waals surface area contributed by atoms with Gasteiger partial charge < -0.3 is 5.32 Å². The van der Waals surface area contributed by atoms with Crippen LogP contribution in [0.25, 0.3) is 0 Å². The number of hydrogen-bond donors (Lipinski definition) is 1. The molecule has 0 unspecified atom stereocenters. The molecule has 0 atom stereocenters. The summed E-state index contributed by atoms with van der Waals surface area (Å²) in [7, 11) is 0. The molecule has 2 aromatic heterocycles. The highest BCUT2D eigenvalue weighted by molar-refractivity contribution is 7.15.